The van der Waals surface area contributed by atoms with Crippen LogP contribution in [-0.4, -0.2) is 22.4 Å². The van der Waals surface area contributed by atoms with Crippen molar-refractivity contribution >= 4 is 0 Å². The van der Waals surface area contributed by atoms with Gasteiger partial charge in [-0.2, -0.15) is 0 Å². The van der Waals surface area contributed by atoms with Crippen LogP contribution in [0, 0.1) is 0 Å². The molecule has 1 fully saturated rings. The lowest BCUT2D eigenvalue weighted by Crippen LogP contribution is -2.37. The first-order chi connectivity index (χ1) is 9.16. The number of aliphatic hydroxyl groups excluding tert-OH is 1. The summed E-state index contributed by atoms with van der Waals surface area (Å²) in [4.78, 5) is 0. The number of hydrogen-bond acceptors (Lipinski definition) is 3. The molecular weight excluding hydrogens is 240 g/mol. The van der Waals surface area contributed by atoms with E-state index in [1.165, 1.54) is 12.0 Å². The Kier molecular flexibility index (Phi) is 3.50. The van der Waals surface area contributed by atoms with Gasteiger partial charge in [0.05, 0.1) is 11.7 Å². The van der Waals surface area contributed by atoms with E-state index in [0.717, 1.165) is 49.8 Å². The zero-order chi connectivity index (χ0) is 13.3. The Bertz CT molecular complexity index is 449. The number of aryl methyl sites for hydroxylation is 1. The van der Waals surface area contributed by atoms with Gasteiger partial charge in [-0.05, 0) is 48.9 Å². The summed E-state index contributed by atoms with van der Waals surface area (Å²) in [6.45, 7) is 0.383. The van der Waals surface area contributed by atoms with Crippen molar-refractivity contribution in [3.8, 4) is 5.75 Å². The topological polar surface area (TPSA) is 49.7 Å². The molecule has 1 aromatic rings. The Hall–Kier alpha value is -1.06. The predicted molar refractivity (Wildman–Crippen MR) is 73.3 cm³/mol. The van der Waals surface area contributed by atoms with Gasteiger partial charge in [-0.25, -0.2) is 0 Å². The van der Waals surface area contributed by atoms with Crippen LogP contribution >= 0.6 is 0 Å². The maximum atomic E-state index is 10.4. The standard InChI is InChI=1S/C16H22O3/c17-15-7-4-12-10-13(5-6-14(12)15)19-11-16(18)8-2-1-3-9-16/h5-6,10,15,17-18H,1-4,7-9,11H2. The number of ether oxygens (including phenoxy) is 1. The first-order valence-electron chi connectivity index (χ1n) is 7.32. The van der Waals surface area contributed by atoms with Crippen molar-refractivity contribution in [3.63, 3.8) is 0 Å². The van der Waals surface area contributed by atoms with E-state index in [-0.39, 0.29) is 6.10 Å². The van der Waals surface area contributed by atoms with Gasteiger partial charge in [0.1, 0.15) is 12.4 Å². The van der Waals surface area contributed by atoms with Gasteiger partial charge in [-0.1, -0.05) is 25.3 Å². The minimum atomic E-state index is -0.642. The number of benzene rings is 1. The van der Waals surface area contributed by atoms with Crippen LogP contribution in [0.1, 0.15) is 55.8 Å². The largest absolute Gasteiger partial charge is 0.491 e. The number of rotatable bonds is 3. The molecule has 2 aliphatic rings. The van der Waals surface area contributed by atoms with Crippen LogP contribution in [0.5, 0.6) is 5.75 Å². The predicted octanol–water partition coefficient (Wildman–Crippen LogP) is 2.74. The highest BCUT2D eigenvalue weighted by Crippen LogP contribution is 2.34. The second-order valence-corrected chi connectivity index (χ2v) is 5.99. The van der Waals surface area contributed by atoms with Crippen molar-refractivity contribution < 1.29 is 14.9 Å². The summed E-state index contributed by atoms with van der Waals surface area (Å²) in [5.41, 5.74) is 1.57. The summed E-state index contributed by atoms with van der Waals surface area (Å²) in [6.07, 6.45) is 6.51. The van der Waals surface area contributed by atoms with Crippen LogP contribution in [0.3, 0.4) is 0 Å². The van der Waals surface area contributed by atoms with Crippen LogP contribution in [0.2, 0.25) is 0 Å². The number of fused-ring (bicyclic) bond motifs is 1. The Morgan fingerprint density at radius 2 is 2.00 bits per heavy atom. The average molecular weight is 262 g/mol. The van der Waals surface area contributed by atoms with Crippen LogP contribution in [0.25, 0.3) is 0 Å². The molecule has 3 nitrogen and oxygen atoms in total. The van der Waals surface area contributed by atoms with Crippen LogP contribution in [0.15, 0.2) is 18.2 Å². The molecule has 0 saturated heterocycles. The van der Waals surface area contributed by atoms with Crippen molar-refractivity contribution in [1.29, 1.82) is 0 Å². The molecule has 1 aromatic carbocycles. The van der Waals surface area contributed by atoms with E-state index in [0.29, 0.717) is 6.61 Å². The van der Waals surface area contributed by atoms with Gasteiger partial charge in [0, 0.05) is 0 Å². The van der Waals surface area contributed by atoms with Crippen LogP contribution in [-0.2, 0) is 6.42 Å². The zero-order valence-electron chi connectivity index (χ0n) is 11.3. The molecule has 2 N–H and O–H groups in total. The number of aliphatic hydroxyl groups is 2. The van der Waals surface area contributed by atoms with Crippen LogP contribution < -0.4 is 4.74 Å². The molecular formula is C16H22O3. The van der Waals surface area contributed by atoms with Crippen molar-refractivity contribution in [3.05, 3.63) is 29.3 Å². The molecule has 0 aromatic heterocycles. The monoisotopic (exact) mass is 262 g/mol. The van der Waals surface area contributed by atoms with Gasteiger partial charge in [-0.3, -0.25) is 0 Å². The maximum absolute atomic E-state index is 10.4. The second kappa shape index (κ2) is 5.14. The van der Waals surface area contributed by atoms with E-state index >= 15 is 0 Å². The summed E-state index contributed by atoms with van der Waals surface area (Å²) in [7, 11) is 0. The number of hydrogen-bond donors (Lipinski definition) is 2. The van der Waals surface area contributed by atoms with E-state index in [1.54, 1.807) is 0 Å². The van der Waals surface area contributed by atoms with Crippen molar-refractivity contribution in [2.75, 3.05) is 6.61 Å². The molecule has 2 aliphatic carbocycles. The normalized spacial score (nSPS) is 25.1. The molecule has 0 bridgehead atoms. The van der Waals surface area contributed by atoms with Gasteiger partial charge in [0.15, 0.2) is 0 Å². The van der Waals surface area contributed by atoms with Crippen LogP contribution in [0.4, 0.5) is 0 Å². The fourth-order valence-corrected chi connectivity index (χ4v) is 3.23. The molecule has 0 radical (unpaired) electrons. The Balaban J connectivity index is 1.64. The summed E-state index contributed by atoms with van der Waals surface area (Å²) in [6, 6.07) is 5.87. The summed E-state index contributed by atoms with van der Waals surface area (Å²) in [5, 5.41) is 20.2. The minimum absolute atomic E-state index is 0.313. The lowest BCUT2D eigenvalue weighted by Gasteiger charge is -2.31. The van der Waals surface area contributed by atoms with Gasteiger partial charge in [-0.15, -0.1) is 0 Å². The van der Waals surface area contributed by atoms with Crippen molar-refractivity contribution in [1.82, 2.24) is 0 Å². The fourth-order valence-electron chi connectivity index (χ4n) is 3.23. The molecule has 0 spiro atoms. The van der Waals surface area contributed by atoms with Crippen molar-refractivity contribution in [2.24, 2.45) is 0 Å². The summed E-state index contributed by atoms with van der Waals surface area (Å²) < 4.78 is 5.78. The molecule has 3 rings (SSSR count). The Morgan fingerprint density at radius 1 is 1.21 bits per heavy atom. The lowest BCUT2D eigenvalue weighted by atomic mass is 9.85. The minimum Gasteiger partial charge on any atom is -0.491 e. The molecule has 0 heterocycles. The lowest BCUT2D eigenvalue weighted by molar-refractivity contribution is -0.0339. The quantitative estimate of drug-likeness (QED) is 0.880. The molecule has 1 saturated carbocycles. The molecule has 0 aliphatic heterocycles. The molecule has 1 atom stereocenters. The molecule has 104 valence electrons. The maximum Gasteiger partial charge on any atom is 0.119 e. The highest BCUT2D eigenvalue weighted by atomic mass is 16.5. The van der Waals surface area contributed by atoms with Gasteiger partial charge >= 0.3 is 0 Å². The highest BCUT2D eigenvalue weighted by Gasteiger charge is 2.30. The van der Waals surface area contributed by atoms with E-state index in [4.69, 9.17) is 4.74 Å². The molecule has 0 amide bonds. The van der Waals surface area contributed by atoms with E-state index < -0.39 is 5.60 Å². The SMILES string of the molecule is OC1CCc2cc(OCC3(O)CCCCC3)ccc21. The summed E-state index contributed by atoms with van der Waals surface area (Å²) >= 11 is 0. The van der Waals surface area contributed by atoms with Gasteiger partial charge < -0.3 is 14.9 Å². The fraction of sp³-hybridized carbons (Fsp3) is 0.625. The first kappa shape index (κ1) is 12.9. The summed E-state index contributed by atoms with van der Waals surface area (Å²) in [5.74, 6) is 0.812. The molecule has 3 heteroatoms. The molecule has 1 unspecified atom stereocenters. The third-order valence-electron chi connectivity index (χ3n) is 4.45. The first-order valence-corrected chi connectivity index (χ1v) is 7.32. The third kappa shape index (κ3) is 2.77. The Labute approximate surface area is 114 Å². The van der Waals surface area contributed by atoms with Gasteiger partial charge in [0.2, 0.25) is 0 Å². The van der Waals surface area contributed by atoms with E-state index in [1.807, 2.05) is 18.2 Å². The smallest absolute Gasteiger partial charge is 0.119 e. The zero-order valence-corrected chi connectivity index (χ0v) is 11.3. The second-order valence-electron chi connectivity index (χ2n) is 5.99. The van der Waals surface area contributed by atoms with E-state index in [9.17, 15) is 10.2 Å². The molecule has 19 heavy (non-hydrogen) atoms. The van der Waals surface area contributed by atoms with Gasteiger partial charge in [0.25, 0.3) is 0 Å². The van der Waals surface area contributed by atoms with E-state index in [2.05, 4.69) is 0 Å². The average Bonchev–Trinajstić information content (AvgIpc) is 2.79. The highest BCUT2D eigenvalue weighted by molar-refractivity contribution is 5.39. The third-order valence-corrected chi connectivity index (χ3v) is 4.45. The van der Waals surface area contributed by atoms with Crippen molar-refractivity contribution in [2.45, 2.75) is 56.7 Å². The Morgan fingerprint density at radius 3 is 2.79 bits per heavy atom.